The van der Waals surface area contributed by atoms with Gasteiger partial charge in [-0.2, -0.15) is 0 Å². The average Bonchev–Trinajstić information content (AvgIpc) is 2.53. The minimum absolute atomic E-state index is 0.371. The van der Waals surface area contributed by atoms with Crippen molar-refractivity contribution in [3.8, 4) is 16.9 Å². The highest BCUT2D eigenvalue weighted by molar-refractivity contribution is 5.66. The van der Waals surface area contributed by atoms with Gasteiger partial charge in [0, 0.05) is 6.04 Å². The molecule has 1 aliphatic rings. The van der Waals surface area contributed by atoms with Crippen LogP contribution in [-0.2, 0) is 6.42 Å². The summed E-state index contributed by atoms with van der Waals surface area (Å²) in [5, 5.41) is 3.29. The topological polar surface area (TPSA) is 21.3 Å². The van der Waals surface area contributed by atoms with Crippen LogP contribution in [0.1, 0.15) is 30.5 Å². The molecule has 20 heavy (non-hydrogen) atoms. The first-order valence-electron chi connectivity index (χ1n) is 7.31. The molecule has 0 aromatic heterocycles. The van der Waals surface area contributed by atoms with Gasteiger partial charge in [-0.15, -0.1) is 0 Å². The molecule has 2 aromatic rings. The molecule has 1 N–H and O–H groups in total. The van der Waals surface area contributed by atoms with Crippen molar-refractivity contribution in [3.63, 3.8) is 0 Å². The summed E-state index contributed by atoms with van der Waals surface area (Å²) in [7, 11) is 1.99. The van der Waals surface area contributed by atoms with Crippen LogP contribution in [0.4, 0.5) is 0 Å². The van der Waals surface area contributed by atoms with Crippen LogP contribution < -0.4 is 10.1 Å². The Morgan fingerprint density at radius 3 is 2.80 bits per heavy atom. The Morgan fingerprint density at radius 2 is 1.95 bits per heavy atom. The molecule has 104 valence electrons. The predicted molar refractivity (Wildman–Crippen MR) is 83.2 cm³/mol. The highest BCUT2D eigenvalue weighted by atomic mass is 16.5. The molecule has 1 heterocycles. The summed E-state index contributed by atoms with van der Waals surface area (Å²) in [6.45, 7) is 3.03. The van der Waals surface area contributed by atoms with E-state index in [1.165, 1.54) is 22.3 Å². The van der Waals surface area contributed by atoms with E-state index in [1.54, 1.807) is 0 Å². The zero-order valence-electron chi connectivity index (χ0n) is 12.1. The van der Waals surface area contributed by atoms with E-state index in [-0.39, 0.29) is 0 Å². The molecular weight excluding hydrogens is 246 g/mol. The van der Waals surface area contributed by atoms with Crippen LogP contribution in [-0.4, -0.2) is 13.7 Å². The fraction of sp³-hybridized carbons (Fsp3) is 0.333. The lowest BCUT2D eigenvalue weighted by Gasteiger charge is -2.18. The van der Waals surface area contributed by atoms with Crippen LogP contribution in [0, 0.1) is 0 Å². The SMILES string of the molecule is CNC(C)c1cccc(-c2ccc3c(c2)CCCO3)c1. The molecule has 2 nitrogen and oxygen atoms in total. The van der Waals surface area contributed by atoms with Gasteiger partial charge >= 0.3 is 0 Å². The number of nitrogens with one attached hydrogen (secondary N) is 1. The summed E-state index contributed by atoms with van der Waals surface area (Å²) in [6, 6.07) is 15.7. The summed E-state index contributed by atoms with van der Waals surface area (Å²) in [5.41, 5.74) is 5.21. The van der Waals surface area contributed by atoms with Gasteiger partial charge in [0.2, 0.25) is 0 Å². The summed E-state index contributed by atoms with van der Waals surface area (Å²) in [4.78, 5) is 0. The highest BCUT2D eigenvalue weighted by Gasteiger charge is 2.11. The molecule has 0 amide bonds. The molecule has 2 heteroatoms. The molecule has 1 unspecified atom stereocenters. The van der Waals surface area contributed by atoms with Crippen LogP contribution in [0.2, 0.25) is 0 Å². The monoisotopic (exact) mass is 267 g/mol. The standard InChI is InChI=1S/C18H21NO/c1-13(19-2)14-5-3-6-15(11-14)16-8-9-18-17(12-16)7-4-10-20-18/h3,5-6,8-9,11-13,19H,4,7,10H2,1-2H3. The van der Waals surface area contributed by atoms with E-state index in [0.717, 1.165) is 25.2 Å². The number of hydrogen-bond donors (Lipinski definition) is 1. The van der Waals surface area contributed by atoms with Crippen LogP contribution >= 0.6 is 0 Å². The maximum atomic E-state index is 5.68. The zero-order valence-corrected chi connectivity index (χ0v) is 12.1. The van der Waals surface area contributed by atoms with E-state index in [4.69, 9.17) is 4.74 Å². The molecule has 0 spiro atoms. The Labute approximate surface area is 120 Å². The highest BCUT2D eigenvalue weighted by Crippen LogP contribution is 2.31. The van der Waals surface area contributed by atoms with Gasteiger partial charge in [0.1, 0.15) is 5.75 Å². The van der Waals surface area contributed by atoms with E-state index < -0.39 is 0 Å². The van der Waals surface area contributed by atoms with Crippen molar-refractivity contribution < 1.29 is 4.74 Å². The Morgan fingerprint density at radius 1 is 1.10 bits per heavy atom. The van der Waals surface area contributed by atoms with E-state index in [2.05, 4.69) is 54.7 Å². The van der Waals surface area contributed by atoms with E-state index >= 15 is 0 Å². The van der Waals surface area contributed by atoms with Gasteiger partial charge < -0.3 is 10.1 Å². The van der Waals surface area contributed by atoms with Crippen LogP contribution in [0.15, 0.2) is 42.5 Å². The Bertz CT molecular complexity index is 606. The first-order valence-corrected chi connectivity index (χ1v) is 7.31. The minimum atomic E-state index is 0.371. The maximum absolute atomic E-state index is 5.68. The van der Waals surface area contributed by atoms with Gasteiger partial charge in [-0.25, -0.2) is 0 Å². The van der Waals surface area contributed by atoms with Gasteiger partial charge in [-0.3, -0.25) is 0 Å². The fourth-order valence-electron chi connectivity index (χ4n) is 2.69. The Hall–Kier alpha value is -1.80. The molecule has 3 rings (SSSR count). The Kier molecular flexibility index (Phi) is 3.75. The molecule has 2 aromatic carbocycles. The molecule has 0 radical (unpaired) electrons. The van der Waals surface area contributed by atoms with Gasteiger partial charge in [0.15, 0.2) is 0 Å². The van der Waals surface area contributed by atoms with Crippen LogP contribution in [0.3, 0.4) is 0 Å². The fourth-order valence-corrected chi connectivity index (χ4v) is 2.69. The third kappa shape index (κ3) is 2.56. The summed E-state index contributed by atoms with van der Waals surface area (Å²) in [5.74, 6) is 1.06. The lowest BCUT2D eigenvalue weighted by Crippen LogP contribution is -2.12. The summed E-state index contributed by atoms with van der Waals surface area (Å²) >= 11 is 0. The Balaban J connectivity index is 1.96. The second-order valence-electron chi connectivity index (χ2n) is 5.41. The number of benzene rings is 2. The van der Waals surface area contributed by atoms with Crippen LogP contribution in [0.25, 0.3) is 11.1 Å². The van der Waals surface area contributed by atoms with Crippen LogP contribution in [0.5, 0.6) is 5.75 Å². The first kappa shape index (κ1) is 13.2. The number of hydrogen-bond acceptors (Lipinski definition) is 2. The zero-order chi connectivity index (χ0) is 13.9. The lowest BCUT2D eigenvalue weighted by molar-refractivity contribution is 0.288. The van der Waals surface area contributed by atoms with E-state index in [0.29, 0.717) is 6.04 Å². The third-order valence-corrected chi connectivity index (χ3v) is 4.06. The van der Waals surface area contributed by atoms with Gasteiger partial charge in [-0.05, 0) is 67.3 Å². The van der Waals surface area contributed by atoms with Crippen molar-refractivity contribution >= 4 is 0 Å². The van der Waals surface area contributed by atoms with Crippen molar-refractivity contribution in [2.24, 2.45) is 0 Å². The second kappa shape index (κ2) is 5.68. The normalized spacial score (nSPS) is 15.3. The van der Waals surface area contributed by atoms with Crippen molar-refractivity contribution in [2.45, 2.75) is 25.8 Å². The van der Waals surface area contributed by atoms with Gasteiger partial charge in [0.05, 0.1) is 6.61 Å². The van der Waals surface area contributed by atoms with Crippen molar-refractivity contribution in [1.82, 2.24) is 5.32 Å². The molecule has 0 saturated carbocycles. The third-order valence-electron chi connectivity index (χ3n) is 4.06. The maximum Gasteiger partial charge on any atom is 0.122 e. The van der Waals surface area contributed by atoms with Crippen molar-refractivity contribution in [2.75, 3.05) is 13.7 Å². The number of ether oxygens (including phenoxy) is 1. The largest absolute Gasteiger partial charge is 0.493 e. The molecule has 0 fully saturated rings. The molecular formula is C18H21NO. The van der Waals surface area contributed by atoms with Crippen molar-refractivity contribution in [3.05, 3.63) is 53.6 Å². The quantitative estimate of drug-likeness (QED) is 0.909. The van der Waals surface area contributed by atoms with Gasteiger partial charge in [-0.1, -0.05) is 24.3 Å². The number of aryl methyl sites for hydroxylation is 1. The molecule has 0 bridgehead atoms. The van der Waals surface area contributed by atoms with E-state index in [9.17, 15) is 0 Å². The molecule has 1 atom stereocenters. The molecule has 1 aliphatic heterocycles. The summed E-state index contributed by atoms with van der Waals surface area (Å²) in [6.07, 6.45) is 2.24. The average molecular weight is 267 g/mol. The first-order chi connectivity index (χ1) is 9.78. The molecule has 0 aliphatic carbocycles. The number of fused-ring (bicyclic) bond motifs is 1. The minimum Gasteiger partial charge on any atom is -0.493 e. The second-order valence-corrected chi connectivity index (χ2v) is 5.41. The predicted octanol–water partition coefficient (Wildman–Crippen LogP) is 3.96. The number of rotatable bonds is 3. The lowest BCUT2D eigenvalue weighted by atomic mass is 9.96. The van der Waals surface area contributed by atoms with Crippen molar-refractivity contribution in [1.29, 1.82) is 0 Å². The van der Waals surface area contributed by atoms with E-state index in [1.807, 2.05) is 7.05 Å². The van der Waals surface area contributed by atoms with Gasteiger partial charge in [0.25, 0.3) is 0 Å². The molecule has 0 saturated heterocycles. The smallest absolute Gasteiger partial charge is 0.122 e. The summed E-state index contributed by atoms with van der Waals surface area (Å²) < 4.78 is 5.68.